The van der Waals surface area contributed by atoms with Crippen molar-refractivity contribution in [2.75, 3.05) is 0 Å². The molecule has 0 saturated heterocycles. The van der Waals surface area contributed by atoms with Crippen molar-refractivity contribution in [1.29, 1.82) is 5.26 Å². The minimum Gasteiger partial charge on any atom is -0.348 e. The molecule has 29 heavy (non-hydrogen) atoms. The average molecular weight is 390 g/mol. The van der Waals surface area contributed by atoms with Crippen molar-refractivity contribution >= 4 is 12.0 Å². The quantitative estimate of drug-likeness (QED) is 0.569. The molecule has 2 aromatic rings. The predicted molar refractivity (Wildman–Crippen MR) is 118 cm³/mol. The number of benzene rings is 1. The first kappa shape index (κ1) is 20.9. The van der Waals surface area contributed by atoms with E-state index in [2.05, 4.69) is 61.8 Å². The maximum absolute atomic E-state index is 12.8. The van der Waals surface area contributed by atoms with Crippen molar-refractivity contribution in [2.45, 2.75) is 66.3 Å². The summed E-state index contributed by atoms with van der Waals surface area (Å²) in [5.41, 5.74) is 6.80. The minimum atomic E-state index is -0.261. The Morgan fingerprint density at radius 2 is 1.93 bits per heavy atom. The summed E-state index contributed by atoms with van der Waals surface area (Å²) in [5, 5.41) is 12.7. The fraction of sp³-hybridized carbons (Fsp3) is 0.440. The van der Waals surface area contributed by atoms with Gasteiger partial charge in [0.1, 0.15) is 11.6 Å². The molecule has 1 aromatic heterocycles. The second-order valence-corrected chi connectivity index (χ2v) is 8.39. The molecule has 0 spiro atoms. The van der Waals surface area contributed by atoms with Gasteiger partial charge in [-0.05, 0) is 81.4 Å². The highest BCUT2D eigenvalue weighted by Crippen LogP contribution is 2.27. The van der Waals surface area contributed by atoms with E-state index in [1.165, 1.54) is 17.5 Å². The van der Waals surface area contributed by atoms with Crippen molar-refractivity contribution in [2.24, 2.45) is 5.92 Å². The van der Waals surface area contributed by atoms with Crippen LogP contribution >= 0.6 is 0 Å². The topological polar surface area (TPSA) is 57.8 Å². The molecular weight excluding hydrogens is 358 g/mol. The number of carbonyl (C=O) groups excluding carboxylic acids is 1. The third-order valence-electron chi connectivity index (χ3n) is 6.38. The molecule has 1 N–H and O–H groups in total. The van der Waals surface area contributed by atoms with Crippen LogP contribution in [0.1, 0.15) is 60.7 Å². The molecule has 1 saturated carbocycles. The third-order valence-corrected chi connectivity index (χ3v) is 6.38. The number of rotatable bonds is 4. The highest BCUT2D eigenvalue weighted by Gasteiger charge is 2.24. The lowest BCUT2D eigenvalue weighted by molar-refractivity contribution is -0.118. The van der Waals surface area contributed by atoms with E-state index in [-0.39, 0.29) is 17.5 Å². The van der Waals surface area contributed by atoms with Crippen LogP contribution in [0, 0.1) is 44.9 Å². The van der Waals surface area contributed by atoms with Crippen LogP contribution < -0.4 is 5.32 Å². The smallest absolute Gasteiger partial charge is 0.262 e. The van der Waals surface area contributed by atoms with E-state index in [1.807, 2.05) is 13.0 Å². The van der Waals surface area contributed by atoms with Gasteiger partial charge in [0.15, 0.2) is 0 Å². The molecule has 1 aromatic carbocycles. The predicted octanol–water partition coefficient (Wildman–Crippen LogP) is 5.31. The van der Waals surface area contributed by atoms with Crippen LogP contribution in [0.5, 0.6) is 0 Å². The van der Waals surface area contributed by atoms with Crippen LogP contribution in [0.4, 0.5) is 0 Å². The van der Waals surface area contributed by atoms with Gasteiger partial charge >= 0.3 is 0 Å². The highest BCUT2D eigenvalue weighted by atomic mass is 16.1. The number of carbonyl (C=O) groups is 1. The molecule has 0 radical (unpaired) electrons. The van der Waals surface area contributed by atoms with Crippen molar-refractivity contribution in [3.05, 3.63) is 57.9 Å². The fourth-order valence-corrected chi connectivity index (χ4v) is 4.36. The molecule has 2 atom stereocenters. The van der Waals surface area contributed by atoms with Gasteiger partial charge in [0.25, 0.3) is 5.91 Å². The van der Waals surface area contributed by atoms with Gasteiger partial charge in [0, 0.05) is 23.1 Å². The number of nitrogens with zero attached hydrogens (tertiary/aromatic N) is 2. The van der Waals surface area contributed by atoms with Gasteiger partial charge in [-0.15, -0.1) is 0 Å². The summed E-state index contributed by atoms with van der Waals surface area (Å²) in [7, 11) is 0. The van der Waals surface area contributed by atoms with Gasteiger partial charge in [-0.3, -0.25) is 4.79 Å². The Morgan fingerprint density at radius 3 is 2.62 bits per heavy atom. The Morgan fingerprint density at radius 1 is 1.21 bits per heavy atom. The van der Waals surface area contributed by atoms with Gasteiger partial charge in [0.05, 0.1) is 0 Å². The Labute approximate surface area is 174 Å². The molecule has 0 unspecified atom stereocenters. The molecule has 0 aliphatic heterocycles. The van der Waals surface area contributed by atoms with Crippen LogP contribution in [-0.2, 0) is 4.79 Å². The lowest BCUT2D eigenvalue weighted by Gasteiger charge is -2.29. The maximum atomic E-state index is 12.8. The van der Waals surface area contributed by atoms with Gasteiger partial charge in [-0.2, -0.15) is 5.26 Å². The monoisotopic (exact) mass is 389 g/mol. The van der Waals surface area contributed by atoms with Gasteiger partial charge < -0.3 is 9.88 Å². The molecule has 0 bridgehead atoms. The Balaban J connectivity index is 1.92. The number of hydrogen-bond donors (Lipinski definition) is 1. The maximum Gasteiger partial charge on any atom is 0.262 e. The summed E-state index contributed by atoms with van der Waals surface area (Å²) in [6, 6.07) is 10.6. The summed E-state index contributed by atoms with van der Waals surface area (Å²) in [6.45, 7) is 10.5. The Bertz CT molecular complexity index is 990. The van der Waals surface area contributed by atoms with E-state index in [1.54, 1.807) is 6.08 Å². The molecular formula is C25H31N3O. The first-order valence-corrected chi connectivity index (χ1v) is 10.5. The molecule has 1 fully saturated rings. The summed E-state index contributed by atoms with van der Waals surface area (Å²) in [6.07, 6.45) is 6.21. The van der Waals surface area contributed by atoms with E-state index in [4.69, 9.17) is 0 Å². The van der Waals surface area contributed by atoms with Crippen LogP contribution in [0.25, 0.3) is 11.8 Å². The molecule has 3 rings (SSSR count). The lowest BCUT2D eigenvalue weighted by atomic mass is 9.86. The zero-order valence-electron chi connectivity index (χ0n) is 18.2. The van der Waals surface area contributed by atoms with Crippen molar-refractivity contribution in [1.82, 2.24) is 9.88 Å². The Kier molecular flexibility index (Phi) is 6.27. The number of aromatic nitrogens is 1. The average Bonchev–Trinajstić information content (AvgIpc) is 2.97. The van der Waals surface area contributed by atoms with Gasteiger partial charge in [-0.25, -0.2) is 0 Å². The second kappa shape index (κ2) is 8.69. The lowest BCUT2D eigenvalue weighted by Crippen LogP contribution is -2.41. The number of nitriles is 1. The van der Waals surface area contributed by atoms with E-state index in [0.29, 0.717) is 5.92 Å². The standard InChI is InChI=1S/C25H31N3O/c1-16-10-8-12-24(19(16)4)28-18(3)13-21(20(28)5)14-22(15-26)25(29)27-23-11-7-6-9-17(23)2/h8,10,12-14,17,23H,6-7,9,11H2,1-5H3,(H,27,29)/b22-14+/t17-,23-/m1/s1. The van der Waals surface area contributed by atoms with Crippen molar-refractivity contribution < 1.29 is 4.79 Å². The van der Waals surface area contributed by atoms with Gasteiger partial charge in [0.2, 0.25) is 0 Å². The normalized spacial score (nSPS) is 19.7. The minimum absolute atomic E-state index is 0.162. The van der Waals surface area contributed by atoms with E-state index < -0.39 is 0 Å². The molecule has 152 valence electrons. The number of hydrogen-bond acceptors (Lipinski definition) is 2. The largest absolute Gasteiger partial charge is 0.348 e. The van der Waals surface area contributed by atoms with Crippen LogP contribution in [0.3, 0.4) is 0 Å². The first-order valence-electron chi connectivity index (χ1n) is 10.5. The van der Waals surface area contributed by atoms with E-state index in [0.717, 1.165) is 41.9 Å². The summed E-state index contributed by atoms with van der Waals surface area (Å²) in [5.74, 6) is 0.199. The van der Waals surface area contributed by atoms with Crippen LogP contribution in [-0.4, -0.2) is 16.5 Å². The number of aryl methyl sites for hydroxylation is 2. The van der Waals surface area contributed by atoms with Gasteiger partial charge in [-0.1, -0.05) is 31.9 Å². The first-order chi connectivity index (χ1) is 13.8. The fourth-order valence-electron chi connectivity index (χ4n) is 4.36. The second-order valence-electron chi connectivity index (χ2n) is 8.39. The van der Waals surface area contributed by atoms with E-state index >= 15 is 0 Å². The van der Waals surface area contributed by atoms with Crippen LogP contribution in [0.2, 0.25) is 0 Å². The third kappa shape index (κ3) is 4.29. The molecule has 1 amide bonds. The molecule has 1 heterocycles. The zero-order valence-corrected chi connectivity index (χ0v) is 18.2. The highest BCUT2D eigenvalue weighted by molar-refractivity contribution is 6.02. The summed E-state index contributed by atoms with van der Waals surface area (Å²) in [4.78, 5) is 12.8. The SMILES string of the molecule is Cc1cccc(-n2c(C)cc(/C=C(\C#N)C(=O)N[C@@H]3CCCC[C@H]3C)c2C)c1C. The summed E-state index contributed by atoms with van der Waals surface area (Å²) < 4.78 is 2.20. The number of amides is 1. The van der Waals surface area contributed by atoms with Crippen molar-refractivity contribution in [3.8, 4) is 11.8 Å². The molecule has 1 aliphatic rings. The molecule has 1 aliphatic carbocycles. The summed E-state index contributed by atoms with van der Waals surface area (Å²) >= 11 is 0. The number of nitrogens with one attached hydrogen (secondary N) is 1. The molecule has 4 heteroatoms. The Hall–Kier alpha value is -2.80. The van der Waals surface area contributed by atoms with Crippen LogP contribution in [0.15, 0.2) is 29.8 Å². The zero-order chi connectivity index (χ0) is 21.1. The molecule has 4 nitrogen and oxygen atoms in total. The van der Waals surface area contributed by atoms with E-state index in [9.17, 15) is 10.1 Å². The van der Waals surface area contributed by atoms with Crippen molar-refractivity contribution in [3.63, 3.8) is 0 Å².